The Hall–Kier alpha value is -6.66. The van der Waals surface area contributed by atoms with Crippen molar-refractivity contribution < 1.29 is 23.5 Å². The molecule has 6 aromatic rings. The lowest BCUT2D eigenvalue weighted by Gasteiger charge is -2.26. The van der Waals surface area contributed by atoms with Crippen LogP contribution in [0.4, 0.5) is 11.5 Å². The molecule has 6 heterocycles. The first-order valence-corrected chi connectivity index (χ1v) is 18.4. The van der Waals surface area contributed by atoms with Crippen LogP contribution in [0.2, 0.25) is 0 Å². The molecule has 284 valence electrons. The molecular weight excluding hydrogens is 715 g/mol. The van der Waals surface area contributed by atoms with Crippen molar-refractivity contribution in [2.24, 2.45) is 14.1 Å². The van der Waals surface area contributed by atoms with E-state index >= 15 is 0 Å². The van der Waals surface area contributed by atoms with Crippen molar-refractivity contribution in [3.05, 3.63) is 93.7 Å². The second kappa shape index (κ2) is 14.9. The molecule has 1 unspecified atom stereocenters. The number of amides is 3. The number of imidazole rings is 1. The molecule has 4 aromatic heterocycles. The van der Waals surface area contributed by atoms with Gasteiger partial charge in [-0.15, -0.1) is 0 Å². The van der Waals surface area contributed by atoms with Crippen LogP contribution in [0.5, 0.6) is 0 Å². The van der Waals surface area contributed by atoms with Gasteiger partial charge < -0.3 is 19.4 Å². The summed E-state index contributed by atoms with van der Waals surface area (Å²) in [5, 5.41) is 5.91. The molecule has 1 atom stereocenters. The van der Waals surface area contributed by atoms with E-state index in [1.54, 1.807) is 53.7 Å². The quantitative estimate of drug-likeness (QED) is 0.177. The second-order valence-electron chi connectivity index (χ2n) is 14.1. The van der Waals surface area contributed by atoms with Gasteiger partial charge in [-0.3, -0.25) is 28.8 Å². The molecule has 15 nitrogen and oxygen atoms in total. The summed E-state index contributed by atoms with van der Waals surface area (Å²) in [7, 11) is 5.52. The molecule has 2 aliphatic rings. The lowest BCUT2D eigenvalue weighted by Crippen LogP contribution is -2.39. The number of aryl methyl sites for hydroxylation is 3. The number of imide groups is 1. The summed E-state index contributed by atoms with van der Waals surface area (Å²) >= 11 is 0. The van der Waals surface area contributed by atoms with E-state index in [0.29, 0.717) is 53.9 Å². The fourth-order valence-corrected chi connectivity index (χ4v) is 7.55. The van der Waals surface area contributed by atoms with Gasteiger partial charge in [-0.1, -0.05) is 18.1 Å². The highest BCUT2D eigenvalue weighted by molar-refractivity contribution is 6.03. The number of benzene rings is 2. The number of piperidine rings is 1. The van der Waals surface area contributed by atoms with Crippen LogP contribution >= 0.6 is 0 Å². The largest absolute Gasteiger partial charge is 0.448 e. The number of nitrogens with zero attached hydrogens (tertiary/aromatic N) is 7. The van der Waals surface area contributed by atoms with E-state index in [9.17, 15) is 19.2 Å². The predicted molar refractivity (Wildman–Crippen MR) is 207 cm³/mol. The third-order valence-corrected chi connectivity index (χ3v) is 10.6. The maximum atomic E-state index is 13.0. The van der Waals surface area contributed by atoms with Crippen molar-refractivity contribution in [1.29, 1.82) is 0 Å². The lowest BCUT2D eigenvalue weighted by molar-refractivity contribution is -0.134. The molecule has 2 aliphatic heterocycles. The van der Waals surface area contributed by atoms with Gasteiger partial charge in [0.25, 0.3) is 5.91 Å². The van der Waals surface area contributed by atoms with E-state index in [-0.39, 0.29) is 42.1 Å². The summed E-state index contributed by atoms with van der Waals surface area (Å²) in [5.41, 5.74) is 6.60. The first-order chi connectivity index (χ1) is 27.1. The minimum absolute atomic E-state index is 0.0310. The van der Waals surface area contributed by atoms with Crippen molar-refractivity contribution in [1.82, 2.24) is 39.7 Å². The van der Waals surface area contributed by atoms with E-state index in [1.165, 1.54) is 6.20 Å². The van der Waals surface area contributed by atoms with Crippen LogP contribution in [-0.2, 0) is 28.4 Å². The molecule has 2 N–H and O–H groups in total. The van der Waals surface area contributed by atoms with E-state index in [4.69, 9.17) is 9.15 Å². The number of ether oxygens (including phenoxy) is 1. The molecule has 0 bridgehead atoms. The Kier molecular flexibility index (Phi) is 9.65. The summed E-state index contributed by atoms with van der Waals surface area (Å²) in [4.78, 5) is 70.3. The number of hydrogen-bond donors (Lipinski definition) is 2. The van der Waals surface area contributed by atoms with Crippen LogP contribution in [0.15, 0.2) is 64.2 Å². The van der Waals surface area contributed by atoms with E-state index in [2.05, 4.69) is 48.5 Å². The van der Waals surface area contributed by atoms with E-state index in [1.807, 2.05) is 31.1 Å². The number of hydrogen-bond acceptors (Lipinski definition) is 11. The van der Waals surface area contributed by atoms with Crippen LogP contribution in [0.25, 0.3) is 33.4 Å². The fraction of sp³-hybridized carbons (Fsp3) is 0.317. The molecule has 2 saturated heterocycles. The van der Waals surface area contributed by atoms with Gasteiger partial charge in [0.1, 0.15) is 22.7 Å². The van der Waals surface area contributed by atoms with Crippen LogP contribution in [-0.4, -0.2) is 73.6 Å². The molecule has 56 heavy (non-hydrogen) atoms. The molecule has 0 saturated carbocycles. The number of anilines is 2. The summed E-state index contributed by atoms with van der Waals surface area (Å²) in [5.74, 6) is 5.62. The first kappa shape index (κ1) is 36.3. The zero-order chi connectivity index (χ0) is 39.1. The summed E-state index contributed by atoms with van der Waals surface area (Å²) in [6, 6.07) is 11.4. The molecule has 0 spiro atoms. The Morgan fingerprint density at radius 1 is 0.982 bits per heavy atom. The minimum Gasteiger partial charge on any atom is -0.448 e. The number of carbonyl (C=O) groups excluding carboxylic acids is 3. The van der Waals surface area contributed by atoms with Gasteiger partial charge in [-0.05, 0) is 67.4 Å². The number of rotatable bonds is 7. The Bertz CT molecular complexity index is 2660. The van der Waals surface area contributed by atoms with E-state index < -0.39 is 11.8 Å². The van der Waals surface area contributed by atoms with Gasteiger partial charge in [0.15, 0.2) is 11.6 Å². The van der Waals surface area contributed by atoms with Crippen molar-refractivity contribution >= 4 is 51.2 Å². The Balaban J connectivity index is 0.938. The van der Waals surface area contributed by atoms with Crippen LogP contribution < -0.4 is 21.2 Å². The van der Waals surface area contributed by atoms with Gasteiger partial charge >= 0.3 is 5.69 Å². The smallest absolute Gasteiger partial charge is 0.328 e. The molecule has 2 aromatic carbocycles. The maximum absolute atomic E-state index is 13.0. The highest BCUT2D eigenvalue weighted by Gasteiger charge is 2.30. The van der Waals surface area contributed by atoms with Crippen LogP contribution in [0.1, 0.15) is 70.6 Å². The zero-order valence-electron chi connectivity index (χ0n) is 31.4. The van der Waals surface area contributed by atoms with Crippen molar-refractivity contribution in [2.75, 3.05) is 31.7 Å². The SMILES string of the molecule is Cc1nc(-c2cnc(N(C)c3cc(C4CCOCC4)c4c(c3)n(C)c(=O)n4C)cn2)cnc1C(=O)NCC#Cc1cc2c(C3CCC(=O)NC3=O)cccc2o1. The molecule has 2 fully saturated rings. The van der Waals surface area contributed by atoms with E-state index in [0.717, 1.165) is 46.1 Å². The number of fused-ring (bicyclic) bond motifs is 2. The standard InChI is InChI=1S/C41H39N9O6/c1-23-37(40(53)42-14-6-7-26-19-30-27(8-5-9-34(30)56-26)28-10-11-36(51)47-39(28)52)45-21-32(46-23)31-20-44-35(22-43-31)48(2)25-17-29(24-12-15-55-16-13-24)38-33(18-25)49(3)41(54)50(38)4/h5,8-9,17-22,24,28H,10-16H2,1-4H3,(H,42,53)(H,47,51,52). The average molecular weight is 754 g/mol. The Labute approximate surface area is 321 Å². The highest BCUT2D eigenvalue weighted by atomic mass is 16.5. The zero-order valence-corrected chi connectivity index (χ0v) is 31.4. The van der Waals surface area contributed by atoms with Gasteiger partial charge in [-0.25, -0.2) is 24.7 Å². The molecule has 0 radical (unpaired) electrons. The normalized spacial score (nSPS) is 16.1. The molecular formula is C41H39N9O6. The number of nitrogens with one attached hydrogen (secondary N) is 2. The monoisotopic (exact) mass is 753 g/mol. The van der Waals surface area contributed by atoms with Crippen molar-refractivity contribution in [3.8, 4) is 23.2 Å². The Morgan fingerprint density at radius 3 is 2.54 bits per heavy atom. The van der Waals surface area contributed by atoms with Crippen LogP contribution in [0, 0.1) is 18.8 Å². The molecule has 8 rings (SSSR count). The lowest BCUT2D eigenvalue weighted by atomic mass is 9.88. The third-order valence-electron chi connectivity index (χ3n) is 10.6. The predicted octanol–water partition coefficient (Wildman–Crippen LogP) is 4.14. The number of furan rings is 1. The van der Waals surface area contributed by atoms with Gasteiger partial charge in [0.05, 0.1) is 47.8 Å². The van der Waals surface area contributed by atoms with Gasteiger partial charge in [0, 0.05) is 57.9 Å². The van der Waals surface area contributed by atoms with Crippen molar-refractivity contribution in [2.45, 2.75) is 44.4 Å². The number of carbonyl (C=O) groups is 3. The van der Waals surface area contributed by atoms with Gasteiger partial charge in [0.2, 0.25) is 11.8 Å². The summed E-state index contributed by atoms with van der Waals surface area (Å²) < 4.78 is 14.9. The topological polar surface area (TPSA) is 179 Å². The third kappa shape index (κ3) is 6.79. The molecule has 0 aliphatic carbocycles. The van der Waals surface area contributed by atoms with Crippen LogP contribution in [0.3, 0.4) is 0 Å². The first-order valence-electron chi connectivity index (χ1n) is 18.4. The maximum Gasteiger partial charge on any atom is 0.328 e. The van der Waals surface area contributed by atoms with Crippen molar-refractivity contribution in [3.63, 3.8) is 0 Å². The average Bonchev–Trinajstić information content (AvgIpc) is 3.73. The molecule has 15 heteroatoms. The van der Waals surface area contributed by atoms with Gasteiger partial charge in [-0.2, -0.15) is 0 Å². The summed E-state index contributed by atoms with van der Waals surface area (Å²) in [6.07, 6.45) is 7.24. The highest BCUT2D eigenvalue weighted by Crippen LogP contribution is 2.37. The Morgan fingerprint density at radius 2 is 1.79 bits per heavy atom. The fourth-order valence-electron chi connectivity index (χ4n) is 7.55. The molecule has 3 amide bonds. The number of aromatic nitrogens is 6. The second-order valence-corrected chi connectivity index (χ2v) is 14.1. The summed E-state index contributed by atoms with van der Waals surface area (Å²) in [6.45, 7) is 3.10. The minimum atomic E-state index is -0.449.